The summed E-state index contributed by atoms with van der Waals surface area (Å²) in [5.74, 6) is 0.730. The molecule has 1 fully saturated rings. The molecular weight excluding hydrogens is 353 g/mol. The van der Waals surface area contributed by atoms with Crippen LogP contribution in [0.3, 0.4) is 0 Å². The Labute approximate surface area is 149 Å². The Morgan fingerprint density at radius 1 is 1.16 bits per heavy atom. The monoisotopic (exact) mass is 370 g/mol. The van der Waals surface area contributed by atoms with Crippen molar-refractivity contribution in [3.63, 3.8) is 0 Å². The zero-order chi connectivity index (χ0) is 17.9. The second-order valence-electron chi connectivity index (χ2n) is 6.10. The van der Waals surface area contributed by atoms with Crippen LogP contribution in [0.5, 0.6) is 5.88 Å². The number of pyridine rings is 1. The maximum Gasteiger partial charge on any atom is 0.417 e. The average molecular weight is 371 g/mol. The summed E-state index contributed by atoms with van der Waals surface area (Å²) in [6.07, 6.45) is -2.66. The molecule has 25 heavy (non-hydrogen) atoms. The fourth-order valence-electron chi connectivity index (χ4n) is 3.04. The van der Waals surface area contributed by atoms with Crippen LogP contribution in [0.4, 0.5) is 13.2 Å². The maximum atomic E-state index is 12.6. The van der Waals surface area contributed by atoms with Gasteiger partial charge in [0.25, 0.3) is 0 Å². The van der Waals surface area contributed by atoms with E-state index >= 15 is 0 Å². The van der Waals surface area contributed by atoms with E-state index in [4.69, 9.17) is 16.3 Å². The first-order chi connectivity index (χ1) is 11.9. The van der Waals surface area contributed by atoms with Crippen LogP contribution in [0.15, 0.2) is 42.6 Å². The summed E-state index contributed by atoms with van der Waals surface area (Å²) < 4.78 is 43.4. The number of piperidine rings is 1. The van der Waals surface area contributed by atoms with Crippen molar-refractivity contribution in [1.29, 1.82) is 0 Å². The highest BCUT2D eigenvalue weighted by atomic mass is 35.5. The average Bonchev–Trinajstić information content (AvgIpc) is 2.61. The normalized spacial score (nSPS) is 21.1. The molecule has 1 aliphatic rings. The topological polar surface area (TPSA) is 34.1 Å². The molecule has 3 rings (SSSR count). The van der Waals surface area contributed by atoms with Crippen LogP contribution < -0.4 is 10.1 Å². The van der Waals surface area contributed by atoms with E-state index in [2.05, 4.69) is 10.3 Å². The van der Waals surface area contributed by atoms with Gasteiger partial charge < -0.3 is 10.1 Å². The number of halogens is 4. The van der Waals surface area contributed by atoms with E-state index in [0.29, 0.717) is 11.6 Å². The van der Waals surface area contributed by atoms with E-state index in [1.807, 2.05) is 24.3 Å². The van der Waals surface area contributed by atoms with Crippen LogP contribution >= 0.6 is 11.6 Å². The summed E-state index contributed by atoms with van der Waals surface area (Å²) in [5.41, 5.74) is 0.395. The van der Waals surface area contributed by atoms with Crippen molar-refractivity contribution in [2.75, 3.05) is 19.7 Å². The summed E-state index contributed by atoms with van der Waals surface area (Å²) in [5, 5.41) is 4.06. The largest absolute Gasteiger partial charge is 0.477 e. The standard InChI is InChI=1S/C18H18ClF3N2O/c19-15-4-1-12(2-5-15)16-10-23-8-7-13(16)11-25-17-6-3-14(9-24-17)18(20,21)22/h1-6,9,13,16,23H,7-8,10-11H2. The zero-order valence-corrected chi connectivity index (χ0v) is 14.1. The lowest BCUT2D eigenvalue weighted by molar-refractivity contribution is -0.137. The van der Waals surface area contributed by atoms with E-state index in [0.717, 1.165) is 31.8 Å². The third-order valence-corrected chi connectivity index (χ3v) is 4.68. The summed E-state index contributed by atoms with van der Waals surface area (Å²) in [6.45, 7) is 2.13. The van der Waals surface area contributed by atoms with Crippen molar-refractivity contribution in [2.45, 2.75) is 18.5 Å². The van der Waals surface area contributed by atoms with E-state index in [1.54, 1.807) is 0 Å². The molecule has 0 aliphatic carbocycles. The van der Waals surface area contributed by atoms with E-state index in [-0.39, 0.29) is 17.7 Å². The van der Waals surface area contributed by atoms with Crippen molar-refractivity contribution in [1.82, 2.24) is 10.3 Å². The van der Waals surface area contributed by atoms with Gasteiger partial charge in [0.05, 0.1) is 12.2 Å². The van der Waals surface area contributed by atoms with E-state index < -0.39 is 11.7 Å². The number of hydrogen-bond acceptors (Lipinski definition) is 3. The van der Waals surface area contributed by atoms with Crippen molar-refractivity contribution < 1.29 is 17.9 Å². The maximum absolute atomic E-state index is 12.6. The summed E-state index contributed by atoms with van der Waals surface area (Å²) in [4.78, 5) is 3.76. The number of nitrogens with one attached hydrogen (secondary N) is 1. The van der Waals surface area contributed by atoms with Gasteiger partial charge in [-0.25, -0.2) is 4.98 Å². The van der Waals surface area contributed by atoms with Gasteiger partial charge >= 0.3 is 6.18 Å². The van der Waals surface area contributed by atoms with Gasteiger partial charge in [0.1, 0.15) is 0 Å². The van der Waals surface area contributed by atoms with Gasteiger partial charge in [0, 0.05) is 35.7 Å². The zero-order valence-electron chi connectivity index (χ0n) is 13.4. The highest BCUT2D eigenvalue weighted by Crippen LogP contribution is 2.32. The van der Waals surface area contributed by atoms with Gasteiger partial charge in [-0.2, -0.15) is 13.2 Å². The first-order valence-corrected chi connectivity index (χ1v) is 8.43. The highest BCUT2D eigenvalue weighted by Gasteiger charge is 2.31. The minimum absolute atomic E-state index is 0.210. The van der Waals surface area contributed by atoms with Gasteiger partial charge in [0.2, 0.25) is 5.88 Å². The second kappa shape index (κ2) is 7.62. The van der Waals surface area contributed by atoms with Crippen molar-refractivity contribution >= 4 is 11.6 Å². The Kier molecular flexibility index (Phi) is 5.49. The Balaban J connectivity index is 1.65. The van der Waals surface area contributed by atoms with Gasteiger partial charge in [-0.05, 0) is 36.7 Å². The summed E-state index contributed by atoms with van der Waals surface area (Å²) in [7, 11) is 0. The number of benzene rings is 1. The molecule has 1 saturated heterocycles. The van der Waals surface area contributed by atoms with Crippen molar-refractivity contribution in [2.24, 2.45) is 5.92 Å². The quantitative estimate of drug-likeness (QED) is 0.858. The number of nitrogens with zero attached hydrogens (tertiary/aromatic N) is 1. The van der Waals surface area contributed by atoms with E-state index in [9.17, 15) is 13.2 Å². The molecule has 2 heterocycles. The fourth-order valence-corrected chi connectivity index (χ4v) is 3.16. The molecular formula is C18H18ClF3N2O. The second-order valence-corrected chi connectivity index (χ2v) is 6.54. The number of hydrogen-bond donors (Lipinski definition) is 1. The Hall–Kier alpha value is -1.79. The van der Waals surface area contributed by atoms with Crippen LogP contribution in [-0.2, 0) is 6.18 Å². The van der Waals surface area contributed by atoms with Gasteiger partial charge in [-0.1, -0.05) is 23.7 Å². The predicted octanol–water partition coefficient (Wildman–Crippen LogP) is 4.53. The first-order valence-electron chi connectivity index (χ1n) is 8.06. The van der Waals surface area contributed by atoms with E-state index in [1.165, 1.54) is 11.6 Å². The van der Waals surface area contributed by atoms with Gasteiger partial charge in [-0.15, -0.1) is 0 Å². The van der Waals surface area contributed by atoms with Crippen LogP contribution in [0.25, 0.3) is 0 Å². The number of aromatic nitrogens is 1. The van der Waals surface area contributed by atoms with Gasteiger partial charge in [0.15, 0.2) is 0 Å². The lowest BCUT2D eigenvalue weighted by atomic mass is 9.82. The molecule has 1 aromatic carbocycles. The van der Waals surface area contributed by atoms with Crippen LogP contribution in [0, 0.1) is 5.92 Å². The minimum Gasteiger partial charge on any atom is -0.477 e. The Bertz CT molecular complexity index is 689. The van der Waals surface area contributed by atoms with Crippen molar-refractivity contribution in [3.05, 3.63) is 58.7 Å². The molecule has 134 valence electrons. The van der Waals surface area contributed by atoms with Crippen molar-refractivity contribution in [3.8, 4) is 5.88 Å². The Morgan fingerprint density at radius 3 is 2.56 bits per heavy atom. The SMILES string of the molecule is FC(F)(F)c1ccc(OCC2CCNCC2c2ccc(Cl)cc2)nc1. The molecule has 1 aliphatic heterocycles. The molecule has 0 amide bonds. The van der Waals surface area contributed by atoms with Crippen LogP contribution in [0.1, 0.15) is 23.5 Å². The van der Waals surface area contributed by atoms with Crippen LogP contribution in [-0.4, -0.2) is 24.7 Å². The lowest BCUT2D eigenvalue weighted by Gasteiger charge is -2.32. The molecule has 0 bridgehead atoms. The smallest absolute Gasteiger partial charge is 0.417 e. The number of rotatable bonds is 4. The van der Waals surface area contributed by atoms with Gasteiger partial charge in [-0.3, -0.25) is 0 Å². The molecule has 1 N–H and O–H groups in total. The molecule has 2 aromatic rings. The molecule has 0 saturated carbocycles. The fraction of sp³-hybridized carbons (Fsp3) is 0.389. The number of alkyl halides is 3. The lowest BCUT2D eigenvalue weighted by Crippen LogP contribution is -2.37. The predicted molar refractivity (Wildman–Crippen MR) is 89.9 cm³/mol. The summed E-state index contributed by atoms with van der Waals surface area (Å²) >= 11 is 5.94. The first kappa shape index (κ1) is 18.0. The molecule has 2 atom stereocenters. The highest BCUT2D eigenvalue weighted by molar-refractivity contribution is 6.30. The van der Waals surface area contributed by atoms with Crippen LogP contribution in [0.2, 0.25) is 5.02 Å². The summed E-state index contributed by atoms with van der Waals surface area (Å²) in [6, 6.07) is 9.98. The molecule has 0 radical (unpaired) electrons. The minimum atomic E-state index is -4.39. The molecule has 3 nitrogen and oxygen atoms in total. The molecule has 2 unspecified atom stereocenters. The molecule has 0 spiro atoms. The molecule has 7 heteroatoms. The molecule has 1 aromatic heterocycles. The Morgan fingerprint density at radius 2 is 1.92 bits per heavy atom. The third kappa shape index (κ3) is 4.64. The third-order valence-electron chi connectivity index (χ3n) is 4.43. The number of ether oxygens (including phenoxy) is 1.